The second-order valence-corrected chi connectivity index (χ2v) is 2.09. The molecule has 0 aliphatic rings. The molecule has 0 saturated carbocycles. The van der Waals surface area contributed by atoms with Gasteiger partial charge in [-0.2, -0.15) is 0 Å². The average Bonchev–Trinajstić information content (AvgIpc) is 2.25. The summed E-state index contributed by atoms with van der Waals surface area (Å²) in [5.74, 6) is 0. The molecule has 0 aliphatic carbocycles. The molecule has 1 rings (SSSR count). The summed E-state index contributed by atoms with van der Waals surface area (Å²) in [4.78, 5) is 15.5. The summed E-state index contributed by atoms with van der Waals surface area (Å²) in [6.45, 7) is 8.26. The third-order valence-electron chi connectivity index (χ3n) is 1.28. The summed E-state index contributed by atoms with van der Waals surface area (Å²) in [5.41, 5.74) is 0.970. The van der Waals surface area contributed by atoms with Crippen LogP contribution >= 0.6 is 0 Å². The normalized spacial score (nSPS) is 8.40. The third-order valence-corrected chi connectivity index (χ3v) is 1.28. The first kappa shape index (κ1) is 23.7. The fraction of sp³-hybridized carbons (Fsp3) is 0.182. The summed E-state index contributed by atoms with van der Waals surface area (Å²) in [6, 6.07) is 9.59. The van der Waals surface area contributed by atoms with E-state index in [0.29, 0.717) is 0 Å². The molecule has 15 heavy (non-hydrogen) atoms. The maximum Gasteiger partial charge on any atom is 3.00 e. The van der Waals surface area contributed by atoms with Gasteiger partial charge >= 0.3 is 19.5 Å². The Labute approximate surface area is 104 Å². The Hall–Kier alpha value is -0.857. The number of carbonyl (C=O) groups excluding carboxylic acids is 2. The molecular formula is C11H15O3Ru. The zero-order valence-electron chi connectivity index (χ0n) is 8.74. The van der Waals surface area contributed by atoms with Gasteiger partial charge in [0.1, 0.15) is 0 Å². The molecule has 0 heterocycles. The number of aliphatic hydroxyl groups is 1. The van der Waals surface area contributed by atoms with Gasteiger partial charge in [-0.05, 0) is 12.5 Å². The molecule has 0 amide bonds. The van der Waals surface area contributed by atoms with E-state index in [-0.39, 0.29) is 33.0 Å². The van der Waals surface area contributed by atoms with Crippen LogP contribution in [-0.2, 0) is 29.1 Å². The van der Waals surface area contributed by atoms with Gasteiger partial charge in [-0.1, -0.05) is 30.3 Å². The Bertz CT molecular complexity index is 200. The first-order chi connectivity index (χ1) is 6.30. The van der Waals surface area contributed by atoms with Crippen molar-refractivity contribution in [3.05, 3.63) is 43.3 Å². The van der Waals surface area contributed by atoms with Crippen molar-refractivity contribution in [2.45, 2.75) is 13.0 Å². The number of hydrogen-bond acceptors (Lipinski definition) is 3. The van der Waals surface area contributed by atoms with E-state index < -0.39 is 0 Å². The van der Waals surface area contributed by atoms with Crippen molar-refractivity contribution in [1.82, 2.24) is 0 Å². The smallest absolute Gasteiger partial charge is 0.545 e. The fourth-order valence-corrected chi connectivity index (χ4v) is 0.732. The van der Waals surface area contributed by atoms with E-state index in [1.165, 1.54) is 0 Å². The number of aliphatic hydroxyl groups excluding tert-OH is 1. The van der Waals surface area contributed by atoms with Crippen molar-refractivity contribution in [3.8, 4) is 0 Å². The van der Waals surface area contributed by atoms with Crippen LogP contribution in [0.15, 0.2) is 30.3 Å². The minimum atomic E-state index is -0.341. The average molecular weight is 296 g/mol. The van der Waals surface area contributed by atoms with Crippen LogP contribution < -0.4 is 0 Å². The van der Waals surface area contributed by atoms with E-state index in [9.17, 15) is 0 Å². The van der Waals surface area contributed by atoms with Gasteiger partial charge in [0, 0.05) is 0 Å². The molecule has 0 aromatic heterocycles. The Morgan fingerprint density at radius 2 is 1.40 bits per heavy atom. The van der Waals surface area contributed by atoms with E-state index in [1.807, 2.05) is 30.3 Å². The van der Waals surface area contributed by atoms with E-state index in [1.54, 1.807) is 6.92 Å². The fourth-order valence-electron chi connectivity index (χ4n) is 0.732. The first-order valence-electron chi connectivity index (χ1n) is 3.51. The zero-order valence-corrected chi connectivity index (χ0v) is 10.5. The number of rotatable bonds is 1. The second kappa shape index (κ2) is 18.8. The van der Waals surface area contributed by atoms with Crippen LogP contribution in [0.3, 0.4) is 0 Å². The largest absolute Gasteiger partial charge is 3.00 e. The van der Waals surface area contributed by atoms with E-state index >= 15 is 0 Å². The van der Waals surface area contributed by atoms with Crippen LogP contribution in [0.4, 0.5) is 0 Å². The predicted octanol–water partition coefficient (Wildman–Crippen LogP) is 1.64. The van der Waals surface area contributed by atoms with Crippen molar-refractivity contribution in [3.63, 3.8) is 0 Å². The standard InChI is InChI=1S/C8H10O.2CHO.CH3.Ru/c1-7(9)8-5-3-2-4-6-8;2*1-2;;/h2-7,9H,1H3;2*1H;1H3;/q;3*-1;+3. The third kappa shape index (κ3) is 13.1. The van der Waals surface area contributed by atoms with Gasteiger partial charge in [-0.15, -0.1) is 0 Å². The Morgan fingerprint density at radius 3 is 1.60 bits per heavy atom. The molecule has 0 spiro atoms. The molecular weight excluding hydrogens is 281 g/mol. The van der Waals surface area contributed by atoms with Crippen LogP contribution in [0.25, 0.3) is 0 Å². The van der Waals surface area contributed by atoms with Crippen LogP contribution in [-0.4, -0.2) is 18.7 Å². The Balaban J connectivity index is -0.0000000910. The van der Waals surface area contributed by atoms with Gasteiger partial charge in [-0.25, -0.2) is 0 Å². The quantitative estimate of drug-likeness (QED) is 0.487. The van der Waals surface area contributed by atoms with Gasteiger partial charge in [0.25, 0.3) is 0 Å². The molecule has 1 N–H and O–H groups in total. The second-order valence-electron chi connectivity index (χ2n) is 2.09. The summed E-state index contributed by atoms with van der Waals surface area (Å²) < 4.78 is 0. The van der Waals surface area contributed by atoms with Crippen LogP contribution in [0, 0.1) is 7.43 Å². The minimum Gasteiger partial charge on any atom is -0.545 e. The maximum absolute atomic E-state index is 9.02. The van der Waals surface area contributed by atoms with Crippen LogP contribution in [0.5, 0.6) is 0 Å². The van der Waals surface area contributed by atoms with E-state index in [4.69, 9.17) is 14.7 Å². The molecule has 1 radical (unpaired) electrons. The summed E-state index contributed by atoms with van der Waals surface area (Å²) in [6.07, 6.45) is -0.341. The summed E-state index contributed by atoms with van der Waals surface area (Å²) in [7, 11) is 0. The summed E-state index contributed by atoms with van der Waals surface area (Å²) >= 11 is 0. The monoisotopic (exact) mass is 297 g/mol. The first-order valence-corrected chi connectivity index (χ1v) is 3.51. The number of benzene rings is 1. The predicted molar refractivity (Wildman–Crippen MR) is 57.0 cm³/mol. The molecule has 0 aliphatic heterocycles. The van der Waals surface area contributed by atoms with Gasteiger partial charge in [0.15, 0.2) is 0 Å². The van der Waals surface area contributed by atoms with Crippen molar-refractivity contribution in [1.29, 1.82) is 0 Å². The number of hydrogen-bond donors (Lipinski definition) is 1. The molecule has 85 valence electrons. The molecule has 0 bridgehead atoms. The Morgan fingerprint density at radius 1 is 1.07 bits per heavy atom. The molecule has 1 unspecified atom stereocenters. The van der Waals surface area contributed by atoms with Crippen molar-refractivity contribution in [2.75, 3.05) is 0 Å². The van der Waals surface area contributed by atoms with E-state index in [2.05, 4.69) is 13.6 Å². The SMILES string of the molecule is CC(O)c1ccccc1.[CH-]=O.[CH-]=O.[CH3-].[Ru+3]. The zero-order chi connectivity index (χ0) is 10.7. The van der Waals surface area contributed by atoms with Gasteiger partial charge in [0.05, 0.1) is 6.10 Å². The van der Waals surface area contributed by atoms with E-state index in [0.717, 1.165) is 5.56 Å². The van der Waals surface area contributed by atoms with Gasteiger partial charge in [0.2, 0.25) is 0 Å². The molecule has 4 heteroatoms. The minimum absolute atomic E-state index is 0. The molecule has 3 nitrogen and oxygen atoms in total. The van der Waals surface area contributed by atoms with Crippen LogP contribution in [0.2, 0.25) is 0 Å². The molecule has 0 fully saturated rings. The Kier molecular flexibility index (Phi) is 29.8. The topological polar surface area (TPSA) is 54.4 Å². The van der Waals surface area contributed by atoms with Crippen molar-refractivity contribution in [2.24, 2.45) is 0 Å². The molecule has 1 atom stereocenters. The van der Waals surface area contributed by atoms with Crippen molar-refractivity contribution < 1.29 is 34.2 Å². The molecule has 0 saturated heterocycles. The maximum atomic E-state index is 9.02. The van der Waals surface area contributed by atoms with Gasteiger partial charge < -0.3 is 22.1 Å². The molecule has 1 aromatic carbocycles. The summed E-state index contributed by atoms with van der Waals surface area (Å²) in [5, 5.41) is 9.02. The van der Waals surface area contributed by atoms with Crippen LogP contribution in [0.1, 0.15) is 18.6 Å². The molecule has 1 aromatic rings. The van der Waals surface area contributed by atoms with Crippen molar-refractivity contribution >= 4 is 13.6 Å². The van der Waals surface area contributed by atoms with Gasteiger partial charge in [-0.3, -0.25) is 13.6 Å².